The Morgan fingerprint density at radius 2 is 1.67 bits per heavy atom. The second-order valence-electron chi connectivity index (χ2n) is 14.0. The second kappa shape index (κ2) is 13.8. The van der Waals surface area contributed by atoms with Crippen molar-refractivity contribution in [3.8, 4) is 0 Å². The van der Waals surface area contributed by atoms with Crippen LogP contribution < -0.4 is 0 Å². The lowest BCUT2D eigenvalue weighted by Gasteiger charge is -2.47. The van der Waals surface area contributed by atoms with Crippen LogP contribution in [0.15, 0.2) is 0 Å². The molecule has 12 nitrogen and oxygen atoms in total. The van der Waals surface area contributed by atoms with E-state index < -0.39 is 72.0 Å². The number of rotatable bonds is 4. The van der Waals surface area contributed by atoms with Gasteiger partial charge < -0.3 is 48.8 Å². The average molecular weight is 617 g/mol. The van der Waals surface area contributed by atoms with Crippen molar-refractivity contribution in [1.82, 2.24) is 9.80 Å². The standard InChI is InChI=1S/C31H56N2O10/c1-12-22-31(8)25(42-29(37)43-31)16(2)15-33(11)17(3)14-30(7,38)26(19(5)23(34)20(6)27(36)40-22)41-28-24(35)21(32(9)10)13-18(4)39-28/h16-26,28,34-35,38H,12-15H2,1-11H3/t16-,17+,18+,19-,20+,21-,22+,23-,24+,25+,26+,28-,30-,31+/m0/s1. The van der Waals surface area contributed by atoms with Crippen molar-refractivity contribution >= 4 is 12.1 Å². The molecule has 250 valence electrons. The fourth-order valence-electron chi connectivity index (χ4n) is 7.28. The summed E-state index contributed by atoms with van der Waals surface area (Å²) in [5.74, 6) is -2.67. The number of nitrogens with zero attached hydrogens (tertiary/aromatic N) is 2. The minimum absolute atomic E-state index is 0.176. The molecular formula is C31H56N2O10. The van der Waals surface area contributed by atoms with Gasteiger partial charge in [-0.2, -0.15) is 0 Å². The highest BCUT2D eigenvalue weighted by molar-refractivity contribution is 5.73. The number of aliphatic hydroxyl groups excluding tert-OH is 2. The minimum atomic E-state index is -1.51. The average Bonchev–Trinajstić information content (AvgIpc) is 3.23. The smallest absolute Gasteiger partial charge is 0.458 e. The molecule has 0 aliphatic carbocycles. The third kappa shape index (κ3) is 7.65. The number of fused-ring (bicyclic) bond motifs is 1. The van der Waals surface area contributed by atoms with E-state index in [4.69, 9.17) is 23.7 Å². The molecule has 0 saturated carbocycles. The minimum Gasteiger partial charge on any atom is -0.458 e. The first kappa shape index (κ1) is 35.9. The summed E-state index contributed by atoms with van der Waals surface area (Å²) in [7, 11) is 5.69. The van der Waals surface area contributed by atoms with Crippen molar-refractivity contribution in [3.05, 3.63) is 0 Å². The van der Waals surface area contributed by atoms with Gasteiger partial charge >= 0.3 is 12.1 Å². The third-order valence-corrected chi connectivity index (χ3v) is 9.98. The summed E-state index contributed by atoms with van der Waals surface area (Å²) in [6.45, 7) is 14.8. The molecule has 3 aliphatic rings. The molecule has 3 aliphatic heterocycles. The van der Waals surface area contributed by atoms with E-state index in [1.165, 1.54) is 0 Å². The van der Waals surface area contributed by atoms with Crippen molar-refractivity contribution in [2.24, 2.45) is 17.8 Å². The Kier molecular flexibility index (Phi) is 11.6. The van der Waals surface area contributed by atoms with E-state index in [1.807, 2.05) is 53.7 Å². The first-order chi connectivity index (χ1) is 19.8. The van der Waals surface area contributed by atoms with Gasteiger partial charge in [0.25, 0.3) is 0 Å². The maximum Gasteiger partial charge on any atom is 0.509 e. The zero-order valence-electron chi connectivity index (χ0n) is 27.9. The third-order valence-electron chi connectivity index (χ3n) is 9.98. The van der Waals surface area contributed by atoms with Gasteiger partial charge in [0, 0.05) is 30.5 Å². The first-order valence-electron chi connectivity index (χ1n) is 15.7. The number of likely N-dealkylation sites (N-methyl/N-ethyl adjacent to an activating group) is 1. The van der Waals surface area contributed by atoms with Crippen LogP contribution in [0.3, 0.4) is 0 Å². The maximum absolute atomic E-state index is 13.5. The van der Waals surface area contributed by atoms with Gasteiger partial charge in [-0.25, -0.2) is 4.79 Å². The van der Waals surface area contributed by atoms with Gasteiger partial charge in [-0.1, -0.05) is 20.8 Å². The predicted octanol–water partition coefficient (Wildman–Crippen LogP) is 2.16. The highest BCUT2D eigenvalue weighted by Gasteiger charge is 2.57. The lowest BCUT2D eigenvalue weighted by atomic mass is 9.79. The normalized spacial score (nSPS) is 47.6. The SMILES string of the molecule is CC[C@H]1OC(=O)[C@H](C)[C@@H](O)[C@H](C)[C@@H](O[C@@H]2O[C@H](C)C[C@H](N(C)C)[C@H]2O)[C@@](C)(O)C[C@@H](C)N(C)C[C@H](C)[C@H]2OC(=O)O[C@@]21C. The van der Waals surface area contributed by atoms with Crippen LogP contribution >= 0.6 is 0 Å². The Bertz CT molecular complexity index is 965. The van der Waals surface area contributed by atoms with Gasteiger partial charge in [0.15, 0.2) is 18.0 Å². The van der Waals surface area contributed by atoms with Crippen molar-refractivity contribution in [2.75, 3.05) is 27.7 Å². The molecule has 3 rings (SSSR count). The molecule has 3 saturated heterocycles. The molecule has 0 radical (unpaired) electrons. The van der Waals surface area contributed by atoms with E-state index in [9.17, 15) is 24.9 Å². The topological polar surface area (TPSA) is 147 Å². The fourth-order valence-corrected chi connectivity index (χ4v) is 7.28. The van der Waals surface area contributed by atoms with Crippen LogP contribution in [0.4, 0.5) is 4.79 Å². The van der Waals surface area contributed by atoms with Crippen LogP contribution in [-0.2, 0) is 28.5 Å². The number of hydrogen-bond donors (Lipinski definition) is 3. The molecule has 0 unspecified atom stereocenters. The van der Waals surface area contributed by atoms with Crippen molar-refractivity contribution in [1.29, 1.82) is 0 Å². The van der Waals surface area contributed by atoms with E-state index in [1.54, 1.807) is 27.7 Å². The Morgan fingerprint density at radius 1 is 1.05 bits per heavy atom. The lowest BCUT2D eigenvalue weighted by molar-refractivity contribution is -0.299. The zero-order valence-corrected chi connectivity index (χ0v) is 27.9. The molecule has 12 heteroatoms. The number of cyclic esters (lactones) is 1. The Balaban J connectivity index is 2.01. The molecule has 43 heavy (non-hydrogen) atoms. The molecule has 0 aromatic heterocycles. The van der Waals surface area contributed by atoms with Gasteiger partial charge in [-0.15, -0.1) is 0 Å². The van der Waals surface area contributed by atoms with E-state index in [0.29, 0.717) is 19.4 Å². The number of hydrogen-bond acceptors (Lipinski definition) is 12. The van der Waals surface area contributed by atoms with E-state index >= 15 is 0 Å². The summed E-state index contributed by atoms with van der Waals surface area (Å²) < 4.78 is 29.7. The molecule has 14 atom stereocenters. The first-order valence-corrected chi connectivity index (χ1v) is 15.7. The second-order valence-corrected chi connectivity index (χ2v) is 14.0. The van der Waals surface area contributed by atoms with Crippen molar-refractivity contribution in [3.63, 3.8) is 0 Å². The monoisotopic (exact) mass is 616 g/mol. The molecule has 3 fully saturated rings. The van der Waals surface area contributed by atoms with Gasteiger partial charge in [-0.05, 0) is 75.0 Å². The highest BCUT2D eigenvalue weighted by atomic mass is 16.8. The summed E-state index contributed by atoms with van der Waals surface area (Å²) in [4.78, 5) is 29.9. The lowest BCUT2D eigenvalue weighted by Crippen LogP contribution is -2.59. The van der Waals surface area contributed by atoms with Crippen molar-refractivity contribution < 1.29 is 48.6 Å². The molecule has 0 aromatic rings. The van der Waals surface area contributed by atoms with Crippen LogP contribution in [0, 0.1) is 17.8 Å². The zero-order chi connectivity index (χ0) is 32.6. The van der Waals surface area contributed by atoms with Gasteiger partial charge in [0.2, 0.25) is 0 Å². The highest BCUT2D eigenvalue weighted by Crippen LogP contribution is 2.40. The predicted molar refractivity (Wildman–Crippen MR) is 158 cm³/mol. The largest absolute Gasteiger partial charge is 0.509 e. The van der Waals surface area contributed by atoms with Gasteiger partial charge in [-0.3, -0.25) is 4.79 Å². The fraction of sp³-hybridized carbons (Fsp3) is 0.935. The molecule has 0 aromatic carbocycles. The summed E-state index contributed by atoms with van der Waals surface area (Å²) in [5, 5.41) is 34.8. The van der Waals surface area contributed by atoms with Crippen LogP contribution in [0.1, 0.15) is 74.7 Å². The van der Waals surface area contributed by atoms with Crippen LogP contribution in [0.5, 0.6) is 0 Å². The summed E-state index contributed by atoms with van der Waals surface area (Å²) in [6, 6.07) is -0.407. The molecule has 0 amide bonds. The van der Waals surface area contributed by atoms with E-state index in [-0.39, 0.29) is 30.5 Å². The summed E-state index contributed by atoms with van der Waals surface area (Å²) in [6.07, 6.45) is -5.70. The molecule has 3 N–H and O–H groups in total. The number of ether oxygens (including phenoxy) is 5. The number of carbonyl (C=O) groups excluding carboxylic acids is 2. The molecule has 0 bridgehead atoms. The maximum atomic E-state index is 13.5. The summed E-state index contributed by atoms with van der Waals surface area (Å²) in [5.41, 5.74) is -2.74. The molecule has 3 heterocycles. The van der Waals surface area contributed by atoms with Gasteiger partial charge in [0.1, 0.15) is 12.2 Å². The molecular weight excluding hydrogens is 560 g/mol. The van der Waals surface area contributed by atoms with Gasteiger partial charge in [0.05, 0.1) is 29.8 Å². The van der Waals surface area contributed by atoms with E-state index in [2.05, 4.69) is 4.90 Å². The Hall–Kier alpha value is -1.54. The van der Waals surface area contributed by atoms with Crippen LogP contribution in [-0.4, -0.2) is 131 Å². The van der Waals surface area contributed by atoms with Crippen molar-refractivity contribution in [2.45, 2.75) is 141 Å². The number of carbonyl (C=O) groups is 2. The summed E-state index contributed by atoms with van der Waals surface area (Å²) >= 11 is 0. The number of esters is 1. The quantitative estimate of drug-likeness (QED) is 0.398. The Morgan fingerprint density at radius 3 is 2.26 bits per heavy atom. The van der Waals surface area contributed by atoms with E-state index in [0.717, 1.165) is 0 Å². The Labute approximate surface area is 256 Å². The molecule has 0 spiro atoms. The van der Waals surface area contributed by atoms with Crippen LogP contribution in [0.25, 0.3) is 0 Å². The van der Waals surface area contributed by atoms with Crippen LogP contribution in [0.2, 0.25) is 0 Å². The number of aliphatic hydroxyl groups is 3.